The summed E-state index contributed by atoms with van der Waals surface area (Å²) in [6.07, 6.45) is 2.54. The summed E-state index contributed by atoms with van der Waals surface area (Å²) in [5.74, 6) is 0.736. The van der Waals surface area contributed by atoms with E-state index in [0.717, 1.165) is 25.7 Å². The molecule has 0 aromatic carbocycles. The van der Waals surface area contributed by atoms with Gasteiger partial charge >= 0.3 is 0 Å². The molecule has 1 fully saturated rings. The van der Waals surface area contributed by atoms with Gasteiger partial charge in [0, 0.05) is 19.2 Å². The van der Waals surface area contributed by atoms with Crippen molar-refractivity contribution in [1.29, 1.82) is 0 Å². The number of rotatable bonds is 13. The van der Waals surface area contributed by atoms with Crippen LogP contribution >= 0.6 is 0 Å². The van der Waals surface area contributed by atoms with Crippen LogP contribution in [0.1, 0.15) is 33.6 Å². The van der Waals surface area contributed by atoms with Crippen LogP contribution in [0.15, 0.2) is 0 Å². The van der Waals surface area contributed by atoms with Gasteiger partial charge in [0.05, 0.1) is 33.0 Å². The molecule has 1 aliphatic heterocycles. The minimum atomic E-state index is 0.520. The fourth-order valence-electron chi connectivity index (χ4n) is 2.58. The third kappa shape index (κ3) is 10.5. The quantitative estimate of drug-likeness (QED) is 0.525. The summed E-state index contributed by atoms with van der Waals surface area (Å²) >= 11 is 0. The van der Waals surface area contributed by atoms with E-state index in [4.69, 9.17) is 14.2 Å². The third-order valence-corrected chi connectivity index (χ3v) is 4.05. The van der Waals surface area contributed by atoms with E-state index in [9.17, 15) is 0 Å². The Morgan fingerprint density at radius 2 is 1.55 bits per heavy atom. The van der Waals surface area contributed by atoms with Crippen molar-refractivity contribution in [2.24, 2.45) is 5.92 Å². The molecule has 0 bridgehead atoms. The highest BCUT2D eigenvalue weighted by molar-refractivity contribution is 4.70. The summed E-state index contributed by atoms with van der Waals surface area (Å²) in [6, 6.07) is 0.520. The number of nitrogens with zero attached hydrogens (tertiary/aromatic N) is 1. The SMILES string of the molecule is CCN1CCC(COCCOCCOCCNC(C)C)CC1. The summed E-state index contributed by atoms with van der Waals surface area (Å²) in [6.45, 7) is 15.3. The zero-order chi connectivity index (χ0) is 16.0. The molecular formula is C17H36N2O3. The van der Waals surface area contributed by atoms with Crippen LogP contribution in [0, 0.1) is 5.92 Å². The number of nitrogens with one attached hydrogen (secondary N) is 1. The van der Waals surface area contributed by atoms with Gasteiger partial charge in [0.2, 0.25) is 0 Å². The van der Waals surface area contributed by atoms with Gasteiger partial charge in [-0.05, 0) is 38.4 Å². The normalized spacial score (nSPS) is 17.5. The molecule has 0 aromatic heterocycles. The van der Waals surface area contributed by atoms with E-state index in [2.05, 4.69) is 31.0 Å². The lowest BCUT2D eigenvalue weighted by Crippen LogP contribution is -2.34. The Hall–Kier alpha value is -0.200. The molecule has 1 saturated heterocycles. The monoisotopic (exact) mass is 316 g/mol. The highest BCUT2D eigenvalue weighted by Gasteiger charge is 2.17. The predicted octanol–water partition coefficient (Wildman–Crippen LogP) is 1.77. The topological polar surface area (TPSA) is 43.0 Å². The van der Waals surface area contributed by atoms with Gasteiger partial charge in [-0.15, -0.1) is 0 Å². The Morgan fingerprint density at radius 1 is 0.955 bits per heavy atom. The van der Waals surface area contributed by atoms with E-state index in [0.29, 0.717) is 32.5 Å². The fourth-order valence-corrected chi connectivity index (χ4v) is 2.58. The van der Waals surface area contributed by atoms with Crippen molar-refractivity contribution in [1.82, 2.24) is 10.2 Å². The van der Waals surface area contributed by atoms with Crippen LogP contribution in [0.2, 0.25) is 0 Å². The summed E-state index contributed by atoms with van der Waals surface area (Å²) in [7, 11) is 0. The zero-order valence-electron chi connectivity index (χ0n) is 14.8. The fraction of sp³-hybridized carbons (Fsp3) is 1.00. The Kier molecular flexibility index (Phi) is 12.0. The first-order valence-electron chi connectivity index (χ1n) is 8.91. The van der Waals surface area contributed by atoms with Gasteiger partial charge < -0.3 is 24.4 Å². The van der Waals surface area contributed by atoms with E-state index >= 15 is 0 Å². The van der Waals surface area contributed by atoms with Crippen LogP contribution in [0.4, 0.5) is 0 Å². The van der Waals surface area contributed by atoms with Gasteiger partial charge in [-0.2, -0.15) is 0 Å². The maximum atomic E-state index is 5.72. The van der Waals surface area contributed by atoms with Gasteiger partial charge in [-0.3, -0.25) is 0 Å². The summed E-state index contributed by atoms with van der Waals surface area (Å²) in [5, 5.41) is 3.31. The summed E-state index contributed by atoms with van der Waals surface area (Å²) < 4.78 is 16.7. The van der Waals surface area contributed by atoms with Crippen molar-refractivity contribution >= 4 is 0 Å². The lowest BCUT2D eigenvalue weighted by Gasteiger charge is -2.30. The lowest BCUT2D eigenvalue weighted by molar-refractivity contribution is 0.00184. The van der Waals surface area contributed by atoms with Crippen molar-refractivity contribution in [2.75, 3.05) is 65.8 Å². The van der Waals surface area contributed by atoms with Crippen LogP contribution in [0.25, 0.3) is 0 Å². The van der Waals surface area contributed by atoms with Gasteiger partial charge in [-0.1, -0.05) is 20.8 Å². The average Bonchev–Trinajstić information content (AvgIpc) is 2.53. The molecule has 0 atom stereocenters. The first kappa shape index (κ1) is 19.8. The van der Waals surface area contributed by atoms with Crippen LogP contribution in [0.3, 0.4) is 0 Å². The molecule has 0 saturated carbocycles. The van der Waals surface area contributed by atoms with E-state index < -0.39 is 0 Å². The number of piperidine rings is 1. The lowest BCUT2D eigenvalue weighted by atomic mass is 9.98. The Bertz CT molecular complexity index is 244. The molecule has 0 aromatic rings. The van der Waals surface area contributed by atoms with Gasteiger partial charge in [0.1, 0.15) is 0 Å². The van der Waals surface area contributed by atoms with Gasteiger partial charge in [0.15, 0.2) is 0 Å². The average molecular weight is 316 g/mol. The number of hydrogen-bond donors (Lipinski definition) is 1. The molecule has 0 unspecified atom stereocenters. The molecule has 5 heteroatoms. The number of ether oxygens (including phenoxy) is 3. The molecule has 5 nitrogen and oxygen atoms in total. The highest BCUT2D eigenvalue weighted by Crippen LogP contribution is 2.16. The van der Waals surface area contributed by atoms with Gasteiger partial charge in [-0.25, -0.2) is 0 Å². The van der Waals surface area contributed by atoms with Crippen LogP contribution in [0.5, 0.6) is 0 Å². The zero-order valence-corrected chi connectivity index (χ0v) is 14.8. The first-order valence-corrected chi connectivity index (χ1v) is 8.91. The van der Waals surface area contributed by atoms with Crippen molar-refractivity contribution < 1.29 is 14.2 Å². The molecule has 0 radical (unpaired) electrons. The van der Waals surface area contributed by atoms with Crippen molar-refractivity contribution in [3.8, 4) is 0 Å². The minimum absolute atomic E-state index is 0.520. The highest BCUT2D eigenvalue weighted by atomic mass is 16.5. The summed E-state index contributed by atoms with van der Waals surface area (Å²) in [4.78, 5) is 2.51. The second kappa shape index (κ2) is 13.3. The standard InChI is InChI=1S/C17H36N2O3/c1-4-19-8-5-17(6-9-19)15-22-14-13-21-12-11-20-10-7-18-16(2)3/h16-18H,4-15H2,1-3H3. The molecule has 132 valence electrons. The molecular weight excluding hydrogens is 280 g/mol. The maximum absolute atomic E-state index is 5.72. The largest absolute Gasteiger partial charge is 0.379 e. The van der Waals surface area contributed by atoms with E-state index in [1.807, 2.05) is 0 Å². The molecule has 1 N–H and O–H groups in total. The first-order chi connectivity index (χ1) is 10.7. The molecule has 1 heterocycles. The van der Waals surface area contributed by atoms with Crippen molar-refractivity contribution in [2.45, 2.75) is 39.7 Å². The summed E-state index contributed by atoms with van der Waals surface area (Å²) in [5.41, 5.74) is 0. The van der Waals surface area contributed by atoms with E-state index in [1.165, 1.54) is 32.5 Å². The molecule has 0 amide bonds. The predicted molar refractivity (Wildman–Crippen MR) is 90.4 cm³/mol. The second-order valence-corrected chi connectivity index (χ2v) is 6.29. The van der Waals surface area contributed by atoms with Crippen molar-refractivity contribution in [3.05, 3.63) is 0 Å². The van der Waals surface area contributed by atoms with Crippen LogP contribution in [-0.4, -0.2) is 76.8 Å². The third-order valence-electron chi connectivity index (χ3n) is 4.05. The maximum Gasteiger partial charge on any atom is 0.0701 e. The van der Waals surface area contributed by atoms with Crippen LogP contribution < -0.4 is 5.32 Å². The Balaban J connectivity index is 1.77. The molecule has 1 aliphatic rings. The molecule has 0 aliphatic carbocycles. The molecule has 22 heavy (non-hydrogen) atoms. The molecule has 0 spiro atoms. The minimum Gasteiger partial charge on any atom is -0.379 e. The van der Waals surface area contributed by atoms with Crippen molar-refractivity contribution in [3.63, 3.8) is 0 Å². The Morgan fingerprint density at radius 3 is 2.14 bits per heavy atom. The second-order valence-electron chi connectivity index (χ2n) is 6.29. The van der Waals surface area contributed by atoms with Gasteiger partial charge in [0.25, 0.3) is 0 Å². The number of hydrogen-bond acceptors (Lipinski definition) is 5. The molecule has 1 rings (SSSR count). The Labute approximate surface area is 136 Å². The van der Waals surface area contributed by atoms with E-state index in [-0.39, 0.29) is 0 Å². The number of likely N-dealkylation sites (tertiary alicyclic amines) is 1. The van der Waals surface area contributed by atoms with Crippen LogP contribution in [-0.2, 0) is 14.2 Å². The smallest absolute Gasteiger partial charge is 0.0701 e. The van der Waals surface area contributed by atoms with E-state index in [1.54, 1.807) is 0 Å².